The lowest BCUT2D eigenvalue weighted by molar-refractivity contribution is 0.751. The van der Waals surface area contributed by atoms with E-state index in [-0.39, 0.29) is 0 Å². The molecular weight excluding hydrogens is 204 g/mol. The van der Waals surface area contributed by atoms with Crippen LogP contribution < -0.4 is 0 Å². The summed E-state index contributed by atoms with van der Waals surface area (Å²) < 4.78 is 0. The monoisotopic (exact) mass is 228 g/mol. The van der Waals surface area contributed by atoms with E-state index in [0.717, 1.165) is 12.8 Å². The van der Waals surface area contributed by atoms with Crippen LogP contribution in [-0.4, -0.2) is 0 Å². The molecule has 0 aliphatic carbocycles. The fourth-order valence-electron chi connectivity index (χ4n) is 2.10. The van der Waals surface area contributed by atoms with Gasteiger partial charge in [-0.2, -0.15) is 0 Å². The SMILES string of the molecule is C/C=C(/CC(C)/C=C/CC)c1ccccc1C. The second kappa shape index (κ2) is 7.11. The first-order valence-corrected chi connectivity index (χ1v) is 6.56. The van der Waals surface area contributed by atoms with Gasteiger partial charge >= 0.3 is 0 Å². The van der Waals surface area contributed by atoms with Crippen LogP contribution in [0.1, 0.15) is 44.7 Å². The van der Waals surface area contributed by atoms with Crippen LogP contribution in [0.3, 0.4) is 0 Å². The molecule has 0 spiro atoms. The Kier molecular flexibility index (Phi) is 5.76. The number of hydrogen-bond acceptors (Lipinski definition) is 0. The van der Waals surface area contributed by atoms with Gasteiger partial charge in [-0.25, -0.2) is 0 Å². The zero-order valence-corrected chi connectivity index (χ0v) is 11.5. The van der Waals surface area contributed by atoms with E-state index >= 15 is 0 Å². The Morgan fingerprint density at radius 1 is 1.29 bits per heavy atom. The molecule has 92 valence electrons. The van der Waals surface area contributed by atoms with Crippen molar-refractivity contribution in [2.45, 2.75) is 40.5 Å². The van der Waals surface area contributed by atoms with Gasteiger partial charge in [0, 0.05) is 0 Å². The quantitative estimate of drug-likeness (QED) is 0.593. The Labute approximate surface area is 106 Å². The molecular formula is C17H24. The van der Waals surface area contributed by atoms with E-state index in [1.807, 2.05) is 0 Å². The summed E-state index contributed by atoms with van der Waals surface area (Å²) in [5, 5.41) is 0. The minimum Gasteiger partial charge on any atom is -0.0885 e. The summed E-state index contributed by atoms with van der Waals surface area (Å²) in [5.74, 6) is 0.612. The molecule has 0 aromatic heterocycles. The van der Waals surface area contributed by atoms with E-state index in [0.29, 0.717) is 5.92 Å². The van der Waals surface area contributed by atoms with Crippen LogP contribution in [0, 0.1) is 12.8 Å². The summed E-state index contributed by atoms with van der Waals surface area (Å²) in [5.41, 5.74) is 4.22. The van der Waals surface area contributed by atoms with Crippen molar-refractivity contribution in [3.05, 3.63) is 53.6 Å². The zero-order valence-electron chi connectivity index (χ0n) is 11.5. The third-order valence-corrected chi connectivity index (χ3v) is 3.08. The molecule has 0 N–H and O–H groups in total. The standard InChI is InChI=1S/C17H24/c1-5-7-10-14(3)13-16(6-2)17-12-9-8-11-15(17)4/h6-12,14H,5,13H2,1-4H3/b10-7+,16-6-. The van der Waals surface area contributed by atoms with E-state index in [9.17, 15) is 0 Å². The van der Waals surface area contributed by atoms with Gasteiger partial charge in [-0.3, -0.25) is 0 Å². The maximum atomic E-state index is 2.32. The Hall–Kier alpha value is -1.30. The molecule has 1 atom stereocenters. The Balaban J connectivity index is 2.81. The molecule has 0 aliphatic rings. The van der Waals surface area contributed by atoms with Gasteiger partial charge in [-0.05, 0) is 49.3 Å². The predicted molar refractivity (Wildman–Crippen MR) is 78.0 cm³/mol. The fourth-order valence-corrected chi connectivity index (χ4v) is 2.10. The molecule has 0 bridgehead atoms. The maximum Gasteiger partial charge on any atom is -0.0198 e. The molecule has 0 nitrogen and oxygen atoms in total. The van der Waals surface area contributed by atoms with Gasteiger partial charge < -0.3 is 0 Å². The topological polar surface area (TPSA) is 0 Å². The van der Waals surface area contributed by atoms with E-state index < -0.39 is 0 Å². The van der Waals surface area contributed by atoms with Crippen molar-refractivity contribution in [1.29, 1.82) is 0 Å². The van der Waals surface area contributed by atoms with Crippen molar-refractivity contribution in [2.24, 2.45) is 5.92 Å². The van der Waals surface area contributed by atoms with Crippen molar-refractivity contribution in [1.82, 2.24) is 0 Å². The molecule has 0 fully saturated rings. The number of hydrogen-bond donors (Lipinski definition) is 0. The Morgan fingerprint density at radius 2 is 2.00 bits per heavy atom. The van der Waals surface area contributed by atoms with Crippen LogP contribution in [0.5, 0.6) is 0 Å². The lowest BCUT2D eigenvalue weighted by Gasteiger charge is -2.13. The fraction of sp³-hybridized carbons (Fsp3) is 0.412. The van der Waals surface area contributed by atoms with Gasteiger partial charge in [0.05, 0.1) is 0 Å². The second-order valence-corrected chi connectivity index (χ2v) is 4.65. The molecule has 0 heteroatoms. The summed E-state index contributed by atoms with van der Waals surface area (Å²) in [6.07, 6.45) is 9.08. The van der Waals surface area contributed by atoms with Crippen molar-refractivity contribution in [2.75, 3.05) is 0 Å². The zero-order chi connectivity index (χ0) is 12.7. The van der Waals surface area contributed by atoms with Crippen molar-refractivity contribution >= 4 is 5.57 Å². The number of benzene rings is 1. The summed E-state index contributed by atoms with van der Waals surface area (Å²) in [4.78, 5) is 0. The highest BCUT2D eigenvalue weighted by atomic mass is 14.1. The third-order valence-electron chi connectivity index (χ3n) is 3.08. The van der Waals surface area contributed by atoms with E-state index in [4.69, 9.17) is 0 Å². The van der Waals surface area contributed by atoms with Crippen molar-refractivity contribution in [3.8, 4) is 0 Å². The van der Waals surface area contributed by atoms with Crippen LogP contribution in [0.15, 0.2) is 42.5 Å². The Morgan fingerprint density at radius 3 is 2.59 bits per heavy atom. The van der Waals surface area contributed by atoms with Crippen LogP contribution >= 0.6 is 0 Å². The molecule has 0 amide bonds. The minimum atomic E-state index is 0.612. The molecule has 17 heavy (non-hydrogen) atoms. The molecule has 0 radical (unpaired) electrons. The smallest absolute Gasteiger partial charge is 0.0198 e. The summed E-state index contributed by atoms with van der Waals surface area (Å²) in [6.45, 7) is 8.79. The first kappa shape index (κ1) is 13.8. The molecule has 1 aromatic carbocycles. The minimum absolute atomic E-state index is 0.612. The first-order chi connectivity index (χ1) is 8.19. The highest BCUT2D eigenvalue weighted by Gasteiger charge is 2.06. The average Bonchev–Trinajstić information content (AvgIpc) is 2.34. The van der Waals surface area contributed by atoms with Crippen LogP contribution in [0.25, 0.3) is 5.57 Å². The molecule has 1 unspecified atom stereocenters. The van der Waals surface area contributed by atoms with E-state index in [1.165, 1.54) is 16.7 Å². The molecule has 0 saturated heterocycles. The predicted octanol–water partition coefficient (Wildman–Crippen LogP) is 5.39. The highest BCUT2D eigenvalue weighted by molar-refractivity contribution is 5.68. The van der Waals surface area contributed by atoms with Gasteiger partial charge in [-0.15, -0.1) is 0 Å². The van der Waals surface area contributed by atoms with Crippen LogP contribution in [0.4, 0.5) is 0 Å². The second-order valence-electron chi connectivity index (χ2n) is 4.65. The Bertz CT molecular complexity index is 396. The van der Waals surface area contributed by atoms with Gasteiger partial charge in [0.2, 0.25) is 0 Å². The van der Waals surface area contributed by atoms with Gasteiger partial charge in [-0.1, -0.05) is 56.3 Å². The first-order valence-electron chi connectivity index (χ1n) is 6.56. The van der Waals surface area contributed by atoms with Gasteiger partial charge in [0.1, 0.15) is 0 Å². The highest BCUT2D eigenvalue weighted by Crippen LogP contribution is 2.25. The molecule has 0 saturated carbocycles. The van der Waals surface area contributed by atoms with E-state index in [1.54, 1.807) is 0 Å². The lowest BCUT2D eigenvalue weighted by Crippen LogP contribution is -1.95. The molecule has 0 aliphatic heterocycles. The molecule has 1 rings (SSSR count). The van der Waals surface area contributed by atoms with E-state index in [2.05, 4.69) is 70.2 Å². The van der Waals surface area contributed by atoms with Crippen molar-refractivity contribution < 1.29 is 0 Å². The average molecular weight is 228 g/mol. The molecule has 0 heterocycles. The van der Waals surface area contributed by atoms with Crippen molar-refractivity contribution in [3.63, 3.8) is 0 Å². The van der Waals surface area contributed by atoms with Crippen LogP contribution in [0.2, 0.25) is 0 Å². The van der Waals surface area contributed by atoms with Gasteiger partial charge in [0.15, 0.2) is 0 Å². The number of allylic oxidation sites excluding steroid dienone is 4. The largest absolute Gasteiger partial charge is 0.0885 e. The number of aryl methyl sites for hydroxylation is 1. The summed E-state index contributed by atoms with van der Waals surface area (Å²) in [7, 11) is 0. The van der Waals surface area contributed by atoms with Gasteiger partial charge in [0.25, 0.3) is 0 Å². The summed E-state index contributed by atoms with van der Waals surface area (Å²) >= 11 is 0. The molecule has 1 aromatic rings. The number of rotatable bonds is 5. The maximum absolute atomic E-state index is 2.32. The normalized spacial score (nSPS) is 14.2. The third kappa shape index (κ3) is 4.22. The van der Waals surface area contributed by atoms with Crippen LogP contribution in [-0.2, 0) is 0 Å². The lowest BCUT2D eigenvalue weighted by atomic mass is 9.92. The summed E-state index contributed by atoms with van der Waals surface area (Å²) in [6, 6.07) is 8.64.